The number of ether oxygens (including phenoxy) is 2. The molecule has 3 rings (SSSR count). The van der Waals surface area contributed by atoms with Crippen LogP contribution >= 0.6 is 0 Å². The fourth-order valence-corrected chi connectivity index (χ4v) is 3.48. The Bertz CT molecular complexity index is 587. The van der Waals surface area contributed by atoms with Gasteiger partial charge in [0.15, 0.2) is 0 Å². The van der Waals surface area contributed by atoms with Gasteiger partial charge < -0.3 is 9.47 Å². The molecule has 0 bridgehead atoms. The minimum Gasteiger partial charge on any atom is -0.493 e. The summed E-state index contributed by atoms with van der Waals surface area (Å²) < 4.78 is 11.0. The molecule has 1 aromatic rings. The number of aryl methyl sites for hydroxylation is 1. The van der Waals surface area contributed by atoms with Crippen LogP contribution in [0.2, 0.25) is 0 Å². The van der Waals surface area contributed by atoms with E-state index in [1.807, 2.05) is 6.92 Å². The summed E-state index contributed by atoms with van der Waals surface area (Å²) >= 11 is 0. The summed E-state index contributed by atoms with van der Waals surface area (Å²) in [6, 6.07) is 4.30. The maximum absolute atomic E-state index is 11.9. The first kappa shape index (κ1) is 15.1. The Balaban J connectivity index is 2.07. The maximum atomic E-state index is 11.9. The number of allylic oxidation sites excluding steroid dienone is 1. The van der Waals surface area contributed by atoms with Crippen molar-refractivity contribution in [1.29, 1.82) is 0 Å². The number of esters is 1. The molecule has 0 amide bonds. The van der Waals surface area contributed by atoms with Crippen molar-refractivity contribution >= 4 is 11.5 Å². The summed E-state index contributed by atoms with van der Waals surface area (Å²) in [6.07, 6.45) is 9.32. The van der Waals surface area contributed by atoms with E-state index in [9.17, 15) is 4.79 Å². The molecule has 0 saturated heterocycles. The second-order valence-corrected chi connectivity index (χ2v) is 6.01. The standard InChI is InChI=1S/C19H24O3/c1-2-21-18(20)13-15-8-4-3-7-14-10-11-17-16(19(14)15)9-5-6-12-22-17/h10-11,13H,2-9,12H2,1H3/b15-13+. The van der Waals surface area contributed by atoms with Crippen molar-refractivity contribution in [2.24, 2.45) is 0 Å². The smallest absolute Gasteiger partial charge is 0.331 e. The molecular weight excluding hydrogens is 276 g/mol. The first-order chi connectivity index (χ1) is 10.8. The van der Waals surface area contributed by atoms with Crippen LogP contribution in [0.4, 0.5) is 0 Å². The summed E-state index contributed by atoms with van der Waals surface area (Å²) in [6.45, 7) is 3.06. The molecule has 0 atom stereocenters. The summed E-state index contributed by atoms with van der Waals surface area (Å²) in [5.74, 6) is 0.783. The third-order valence-electron chi connectivity index (χ3n) is 4.48. The highest BCUT2D eigenvalue weighted by Gasteiger charge is 2.22. The molecule has 2 aliphatic rings. The predicted octanol–water partition coefficient (Wildman–Crippen LogP) is 4.07. The largest absolute Gasteiger partial charge is 0.493 e. The van der Waals surface area contributed by atoms with Crippen molar-refractivity contribution < 1.29 is 14.3 Å². The third kappa shape index (κ3) is 3.18. The average molecular weight is 300 g/mol. The van der Waals surface area contributed by atoms with E-state index in [0.29, 0.717) is 6.61 Å². The van der Waals surface area contributed by atoms with Crippen LogP contribution in [0.3, 0.4) is 0 Å². The van der Waals surface area contributed by atoms with Gasteiger partial charge in [-0.2, -0.15) is 0 Å². The lowest BCUT2D eigenvalue weighted by molar-refractivity contribution is -0.137. The van der Waals surface area contributed by atoms with Crippen LogP contribution in [0.1, 0.15) is 55.7 Å². The van der Waals surface area contributed by atoms with Crippen LogP contribution in [0.5, 0.6) is 5.75 Å². The van der Waals surface area contributed by atoms with Crippen LogP contribution in [0.15, 0.2) is 18.2 Å². The lowest BCUT2D eigenvalue weighted by atomic mass is 9.90. The molecule has 3 heteroatoms. The molecule has 3 nitrogen and oxygen atoms in total. The van der Waals surface area contributed by atoms with Crippen molar-refractivity contribution in [3.8, 4) is 5.75 Å². The van der Waals surface area contributed by atoms with E-state index in [2.05, 4.69) is 12.1 Å². The number of hydrogen-bond acceptors (Lipinski definition) is 3. The molecule has 118 valence electrons. The molecule has 0 radical (unpaired) electrons. The molecule has 0 saturated carbocycles. The molecule has 22 heavy (non-hydrogen) atoms. The summed E-state index contributed by atoms with van der Waals surface area (Å²) in [5.41, 5.74) is 5.06. The maximum Gasteiger partial charge on any atom is 0.331 e. The van der Waals surface area contributed by atoms with E-state index >= 15 is 0 Å². The van der Waals surface area contributed by atoms with E-state index in [-0.39, 0.29) is 5.97 Å². The fraction of sp³-hybridized carbons (Fsp3) is 0.526. The first-order valence-corrected chi connectivity index (χ1v) is 8.45. The van der Waals surface area contributed by atoms with Crippen LogP contribution < -0.4 is 4.74 Å². The van der Waals surface area contributed by atoms with Crippen molar-refractivity contribution in [3.63, 3.8) is 0 Å². The zero-order valence-corrected chi connectivity index (χ0v) is 13.3. The van der Waals surface area contributed by atoms with E-state index in [4.69, 9.17) is 9.47 Å². The van der Waals surface area contributed by atoms with Crippen LogP contribution in [0, 0.1) is 0 Å². The Morgan fingerprint density at radius 2 is 2.00 bits per heavy atom. The van der Waals surface area contributed by atoms with Gasteiger partial charge in [0, 0.05) is 11.6 Å². The van der Waals surface area contributed by atoms with Crippen LogP contribution in [0.25, 0.3) is 5.57 Å². The normalized spacial score (nSPS) is 19.4. The van der Waals surface area contributed by atoms with Gasteiger partial charge in [-0.3, -0.25) is 0 Å². The highest BCUT2D eigenvalue weighted by molar-refractivity contribution is 5.92. The number of benzene rings is 1. The van der Waals surface area contributed by atoms with Gasteiger partial charge in [0.2, 0.25) is 0 Å². The number of rotatable bonds is 2. The Hall–Kier alpha value is -1.77. The van der Waals surface area contributed by atoms with Gasteiger partial charge in [-0.25, -0.2) is 4.79 Å². The van der Waals surface area contributed by atoms with E-state index in [1.165, 1.54) is 23.1 Å². The molecule has 0 aromatic heterocycles. The van der Waals surface area contributed by atoms with Gasteiger partial charge in [0.05, 0.1) is 13.2 Å². The van der Waals surface area contributed by atoms with Gasteiger partial charge in [0.25, 0.3) is 0 Å². The monoisotopic (exact) mass is 300 g/mol. The van der Waals surface area contributed by atoms with Gasteiger partial charge in [-0.05, 0) is 74.6 Å². The SMILES string of the molecule is CCOC(=O)/C=C1\CCCCc2ccc3c(c21)CCCCO3. The topological polar surface area (TPSA) is 35.5 Å². The average Bonchev–Trinajstić information content (AvgIpc) is 2.85. The Labute approximate surface area is 132 Å². The quantitative estimate of drug-likeness (QED) is 0.469. The van der Waals surface area contributed by atoms with Gasteiger partial charge in [-0.15, -0.1) is 0 Å². The fourth-order valence-electron chi connectivity index (χ4n) is 3.48. The Morgan fingerprint density at radius 1 is 1.18 bits per heavy atom. The molecule has 1 aliphatic heterocycles. The minimum atomic E-state index is -0.225. The molecule has 0 fully saturated rings. The first-order valence-electron chi connectivity index (χ1n) is 8.45. The molecule has 1 aromatic carbocycles. The number of fused-ring (bicyclic) bond motifs is 3. The van der Waals surface area contributed by atoms with Crippen molar-refractivity contribution in [2.75, 3.05) is 13.2 Å². The van der Waals surface area contributed by atoms with Crippen LogP contribution in [-0.2, 0) is 22.4 Å². The van der Waals surface area contributed by atoms with Crippen molar-refractivity contribution in [3.05, 3.63) is 34.9 Å². The molecule has 1 aliphatic carbocycles. The Kier molecular flexibility index (Phi) is 4.81. The van der Waals surface area contributed by atoms with E-state index in [0.717, 1.165) is 56.5 Å². The van der Waals surface area contributed by atoms with Gasteiger partial charge in [-0.1, -0.05) is 6.07 Å². The van der Waals surface area contributed by atoms with Crippen molar-refractivity contribution in [1.82, 2.24) is 0 Å². The molecule has 1 heterocycles. The zero-order valence-electron chi connectivity index (χ0n) is 13.3. The highest BCUT2D eigenvalue weighted by Crippen LogP contribution is 2.38. The van der Waals surface area contributed by atoms with E-state index in [1.54, 1.807) is 6.08 Å². The highest BCUT2D eigenvalue weighted by atomic mass is 16.5. The predicted molar refractivity (Wildman–Crippen MR) is 87.0 cm³/mol. The summed E-state index contributed by atoms with van der Waals surface area (Å²) in [5, 5.41) is 0. The minimum absolute atomic E-state index is 0.225. The van der Waals surface area contributed by atoms with Gasteiger partial charge >= 0.3 is 5.97 Å². The molecular formula is C19H24O3. The van der Waals surface area contributed by atoms with Gasteiger partial charge in [0.1, 0.15) is 5.75 Å². The van der Waals surface area contributed by atoms with E-state index < -0.39 is 0 Å². The lowest BCUT2D eigenvalue weighted by Gasteiger charge is -2.17. The zero-order chi connectivity index (χ0) is 15.4. The van der Waals surface area contributed by atoms with Crippen molar-refractivity contribution in [2.45, 2.75) is 51.9 Å². The number of carbonyl (C=O) groups excluding carboxylic acids is 1. The summed E-state index contributed by atoms with van der Waals surface area (Å²) in [4.78, 5) is 11.9. The van der Waals surface area contributed by atoms with Crippen LogP contribution in [-0.4, -0.2) is 19.2 Å². The molecule has 0 N–H and O–H groups in total. The number of carbonyl (C=O) groups is 1. The lowest BCUT2D eigenvalue weighted by Crippen LogP contribution is -2.04. The number of hydrogen-bond donors (Lipinski definition) is 0. The second-order valence-electron chi connectivity index (χ2n) is 6.01. The Morgan fingerprint density at radius 3 is 2.86 bits per heavy atom. The second kappa shape index (κ2) is 6.99. The third-order valence-corrected chi connectivity index (χ3v) is 4.48. The summed E-state index contributed by atoms with van der Waals surface area (Å²) in [7, 11) is 0. The molecule has 0 spiro atoms. The molecule has 0 unspecified atom stereocenters.